The molecular formula is C21H33N3O3S. The van der Waals surface area contributed by atoms with Crippen LogP contribution in [0.4, 0.5) is 0 Å². The number of carbonyl (C=O) groups excluding carboxylic acids is 1. The number of amides is 1. The van der Waals surface area contributed by atoms with Crippen LogP contribution >= 0.6 is 0 Å². The summed E-state index contributed by atoms with van der Waals surface area (Å²) in [6, 6.07) is 10.2. The van der Waals surface area contributed by atoms with Crippen LogP contribution in [-0.4, -0.2) is 61.5 Å². The number of benzene rings is 1. The van der Waals surface area contributed by atoms with Crippen molar-refractivity contribution in [2.24, 2.45) is 17.3 Å². The molecule has 156 valence electrons. The van der Waals surface area contributed by atoms with Crippen LogP contribution in [-0.2, 0) is 21.4 Å². The number of hydrogen-bond acceptors (Lipinski definition) is 4. The van der Waals surface area contributed by atoms with Crippen LogP contribution in [0.15, 0.2) is 30.3 Å². The topological polar surface area (TPSA) is 69.7 Å². The minimum absolute atomic E-state index is 0.0610. The summed E-state index contributed by atoms with van der Waals surface area (Å²) in [5, 5.41) is 2.64. The highest BCUT2D eigenvalue weighted by Crippen LogP contribution is 2.46. The first-order valence-corrected chi connectivity index (χ1v) is 11.7. The molecule has 2 saturated heterocycles. The fraction of sp³-hybridized carbons (Fsp3) is 0.667. The number of nitrogens with zero attached hydrogens (tertiary/aromatic N) is 2. The Labute approximate surface area is 169 Å². The van der Waals surface area contributed by atoms with Gasteiger partial charge in [0.05, 0.1) is 11.2 Å². The second-order valence-corrected chi connectivity index (χ2v) is 11.6. The Balaban J connectivity index is 1.74. The Hall–Kier alpha value is -1.44. The molecule has 1 aromatic carbocycles. The number of hydrogen-bond donors (Lipinski definition) is 1. The van der Waals surface area contributed by atoms with E-state index in [1.54, 1.807) is 18.2 Å². The molecule has 7 heteroatoms. The van der Waals surface area contributed by atoms with Gasteiger partial charge in [-0.2, -0.15) is 0 Å². The molecule has 1 N–H and O–H groups in total. The van der Waals surface area contributed by atoms with Crippen molar-refractivity contribution in [3.63, 3.8) is 0 Å². The van der Waals surface area contributed by atoms with E-state index in [1.165, 1.54) is 5.56 Å². The summed E-state index contributed by atoms with van der Waals surface area (Å²) in [5.41, 5.74) is 0.935. The molecule has 3 rings (SSSR count). The Morgan fingerprint density at radius 2 is 1.79 bits per heavy atom. The highest BCUT2D eigenvalue weighted by molar-refractivity contribution is 7.89. The second-order valence-electron chi connectivity index (χ2n) is 9.07. The van der Waals surface area contributed by atoms with E-state index in [4.69, 9.17) is 0 Å². The lowest BCUT2D eigenvalue weighted by Crippen LogP contribution is -2.64. The third-order valence-corrected chi connectivity index (χ3v) is 8.08. The van der Waals surface area contributed by atoms with Crippen LogP contribution < -0.4 is 5.32 Å². The molecule has 1 unspecified atom stereocenters. The predicted octanol–water partition coefficient (Wildman–Crippen LogP) is 1.93. The van der Waals surface area contributed by atoms with Crippen LogP contribution in [0.25, 0.3) is 0 Å². The van der Waals surface area contributed by atoms with Gasteiger partial charge >= 0.3 is 0 Å². The largest absolute Gasteiger partial charge is 0.356 e. The average Bonchev–Trinajstić information content (AvgIpc) is 2.98. The van der Waals surface area contributed by atoms with Crippen LogP contribution in [0.3, 0.4) is 0 Å². The molecule has 28 heavy (non-hydrogen) atoms. The lowest BCUT2D eigenvalue weighted by atomic mass is 9.72. The van der Waals surface area contributed by atoms with E-state index < -0.39 is 15.3 Å². The lowest BCUT2D eigenvalue weighted by Gasteiger charge is -2.50. The van der Waals surface area contributed by atoms with Gasteiger partial charge in [-0.15, -0.1) is 0 Å². The van der Waals surface area contributed by atoms with Crippen molar-refractivity contribution in [3.05, 3.63) is 35.9 Å². The van der Waals surface area contributed by atoms with Gasteiger partial charge in [-0.3, -0.25) is 9.69 Å². The Morgan fingerprint density at radius 3 is 2.36 bits per heavy atom. The van der Waals surface area contributed by atoms with Gasteiger partial charge in [0.2, 0.25) is 15.9 Å². The molecule has 0 saturated carbocycles. The monoisotopic (exact) mass is 407 g/mol. The molecule has 2 fully saturated rings. The second kappa shape index (κ2) is 8.13. The van der Waals surface area contributed by atoms with E-state index in [9.17, 15) is 13.2 Å². The summed E-state index contributed by atoms with van der Waals surface area (Å²) < 4.78 is 26.6. The van der Waals surface area contributed by atoms with Crippen molar-refractivity contribution in [2.75, 3.05) is 32.7 Å². The number of rotatable bonds is 7. The minimum atomic E-state index is -3.27. The van der Waals surface area contributed by atoms with E-state index in [0.717, 1.165) is 13.1 Å². The third kappa shape index (κ3) is 4.26. The Bertz CT molecular complexity index is 786. The summed E-state index contributed by atoms with van der Waals surface area (Å²) in [5.74, 6) is 0.278. The van der Waals surface area contributed by atoms with Crippen molar-refractivity contribution in [2.45, 2.75) is 39.5 Å². The minimum Gasteiger partial charge on any atom is -0.356 e. The molecule has 2 heterocycles. The van der Waals surface area contributed by atoms with Crippen molar-refractivity contribution in [3.8, 4) is 0 Å². The molecule has 1 spiro atoms. The zero-order chi connectivity index (χ0) is 20.5. The number of likely N-dealkylation sites (tertiary alicyclic amines) is 1. The summed E-state index contributed by atoms with van der Waals surface area (Å²) in [4.78, 5) is 15.2. The van der Waals surface area contributed by atoms with E-state index >= 15 is 0 Å². The summed E-state index contributed by atoms with van der Waals surface area (Å²) in [6.45, 7) is 11.3. The first-order chi connectivity index (χ1) is 13.1. The van der Waals surface area contributed by atoms with Gasteiger partial charge in [0, 0.05) is 44.7 Å². The zero-order valence-corrected chi connectivity index (χ0v) is 18.2. The molecule has 0 bridgehead atoms. The molecule has 2 aliphatic heterocycles. The highest BCUT2D eigenvalue weighted by atomic mass is 32.2. The van der Waals surface area contributed by atoms with E-state index in [-0.39, 0.29) is 17.2 Å². The normalized spacial score (nSPS) is 22.7. The molecule has 1 aromatic rings. The average molecular weight is 408 g/mol. The first-order valence-electron chi connectivity index (χ1n) is 10.2. The number of carbonyl (C=O) groups is 1. The number of sulfonamides is 1. The van der Waals surface area contributed by atoms with Crippen LogP contribution in [0.2, 0.25) is 0 Å². The van der Waals surface area contributed by atoms with Gasteiger partial charge < -0.3 is 5.32 Å². The van der Waals surface area contributed by atoms with Crippen molar-refractivity contribution in [1.82, 2.24) is 14.5 Å². The lowest BCUT2D eigenvalue weighted by molar-refractivity contribution is -0.130. The van der Waals surface area contributed by atoms with Crippen molar-refractivity contribution in [1.29, 1.82) is 0 Å². The van der Waals surface area contributed by atoms with Gasteiger partial charge in [-0.25, -0.2) is 12.7 Å². The fourth-order valence-electron chi connectivity index (χ4n) is 4.28. The van der Waals surface area contributed by atoms with Gasteiger partial charge in [0.15, 0.2) is 0 Å². The SMILES string of the molecule is CC(C)CNC(=O)C1CN(Cc2ccccc2)CC12CN(S(=O)(=O)C(C)C)C2. The predicted molar refractivity (Wildman–Crippen MR) is 111 cm³/mol. The molecule has 1 amide bonds. The maximum absolute atomic E-state index is 12.9. The Morgan fingerprint density at radius 1 is 1.14 bits per heavy atom. The van der Waals surface area contributed by atoms with E-state index in [0.29, 0.717) is 32.1 Å². The molecular weight excluding hydrogens is 374 g/mol. The van der Waals surface area contributed by atoms with Gasteiger partial charge in [-0.1, -0.05) is 44.2 Å². The molecule has 0 radical (unpaired) electrons. The van der Waals surface area contributed by atoms with Gasteiger partial charge in [0.25, 0.3) is 0 Å². The van der Waals surface area contributed by atoms with E-state index in [2.05, 4.69) is 36.2 Å². The van der Waals surface area contributed by atoms with Crippen molar-refractivity contribution < 1.29 is 13.2 Å². The quantitative estimate of drug-likeness (QED) is 0.750. The first kappa shape index (κ1) is 21.3. The standard InChI is InChI=1S/C21H33N3O3S/c1-16(2)10-22-20(25)19-12-23(11-18-8-6-5-7-9-18)13-21(19)14-24(15-21)28(26,27)17(3)4/h5-9,16-17,19H,10-15H2,1-4H3,(H,22,25). The molecule has 6 nitrogen and oxygen atoms in total. The van der Waals surface area contributed by atoms with Gasteiger partial charge in [0.1, 0.15) is 0 Å². The fourth-order valence-corrected chi connectivity index (χ4v) is 5.75. The summed E-state index contributed by atoms with van der Waals surface area (Å²) in [7, 11) is -3.27. The van der Waals surface area contributed by atoms with Crippen molar-refractivity contribution >= 4 is 15.9 Å². The van der Waals surface area contributed by atoms with Crippen LogP contribution in [0.5, 0.6) is 0 Å². The number of nitrogens with one attached hydrogen (secondary N) is 1. The van der Waals surface area contributed by atoms with Crippen LogP contribution in [0.1, 0.15) is 33.3 Å². The third-order valence-electron chi connectivity index (χ3n) is 5.91. The Kier molecular flexibility index (Phi) is 6.17. The summed E-state index contributed by atoms with van der Waals surface area (Å²) in [6.07, 6.45) is 0. The van der Waals surface area contributed by atoms with E-state index in [1.807, 2.05) is 18.2 Å². The maximum Gasteiger partial charge on any atom is 0.225 e. The molecule has 0 aromatic heterocycles. The highest BCUT2D eigenvalue weighted by Gasteiger charge is 2.59. The zero-order valence-electron chi connectivity index (χ0n) is 17.4. The smallest absolute Gasteiger partial charge is 0.225 e. The maximum atomic E-state index is 12.9. The van der Waals surface area contributed by atoms with Gasteiger partial charge in [-0.05, 0) is 25.3 Å². The summed E-state index contributed by atoms with van der Waals surface area (Å²) >= 11 is 0. The molecule has 1 atom stereocenters. The van der Waals surface area contributed by atoms with Crippen LogP contribution in [0, 0.1) is 17.3 Å². The molecule has 0 aliphatic carbocycles. The molecule has 2 aliphatic rings.